The summed E-state index contributed by atoms with van der Waals surface area (Å²) in [6, 6.07) is 5.93. The van der Waals surface area contributed by atoms with E-state index in [0.29, 0.717) is 0 Å². The summed E-state index contributed by atoms with van der Waals surface area (Å²) in [5.74, 6) is 0.0830. The lowest BCUT2D eigenvalue weighted by Gasteiger charge is -2.19. The molecule has 0 saturated heterocycles. The number of rotatable bonds is 3. The summed E-state index contributed by atoms with van der Waals surface area (Å²) >= 11 is 0. The molecule has 1 amide bonds. The van der Waals surface area contributed by atoms with E-state index >= 15 is 0 Å². The third kappa shape index (κ3) is 7.89. The van der Waals surface area contributed by atoms with Crippen LogP contribution in [0.1, 0.15) is 31.9 Å². The number of benzene rings is 1. The number of hydrogen-bond acceptors (Lipinski definition) is 2. The fourth-order valence-electron chi connectivity index (χ4n) is 1.62. The van der Waals surface area contributed by atoms with Crippen molar-refractivity contribution in [2.24, 2.45) is 10.7 Å². The second kappa shape index (κ2) is 8.21. The van der Waals surface area contributed by atoms with E-state index in [-0.39, 0.29) is 47.9 Å². The Morgan fingerprint density at radius 2 is 1.86 bits per heavy atom. The highest BCUT2D eigenvalue weighted by atomic mass is 127. The first-order valence-corrected chi connectivity index (χ1v) is 6.62. The van der Waals surface area contributed by atoms with Gasteiger partial charge in [0, 0.05) is 11.2 Å². The molecule has 0 aliphatic heterocycles. The Morgan fingerprint density at radius 3 is 2.38 bits per heavy atom. The minimum atomic E-state index is -0.261. The SMILES string of the molecule is Cc1ccc(NC(N)=NCC(=O)NC(C)(C)C)cc1C.I. The fraction of sp³-hybridized carbons (Fsp3) is 0.467. The maximum Gasteiger partial charge on any atom is 0.242 e. The van der Waals surface area contributed by atoms with Crippen molar-refractivity contribution in [1.29, 1.82) is 0 Å². The van der Waals surface area contributed by atoms with Gasteiger partial charge in [-0.1, -0.05) is 6.07 Å². The van der Waals surface area contributed by atoms with E-state index in [1.165, 1.54) is 11.1 Å². The van der Waals surface area contributed by atoms with Crippen LogP contribution in [0.2, 0.25) is 0 Å². The van der Waals surface area contributed by atoms with Gasteiger partial charge in [0.25, 0.3) is 0 Å². The largest absolute Gasteiger partial charge is 0.370 e. The predicted molar refractivity (Wildman–Crippen MR) is 99.3 cm³/mol. The highest BCUT2D eigenvalue weighted by Crippen LogP contribution is 2.13. The van der Waals surface area contributed by atoms with Gasteiger partial charge in [-0.05, 0) is 57.9 Å². The molecular formula is C15H25IN4O. The zero-order valence-corrected chi connectivity index (χ0v) is 15.6. The molecule has 0 unspecified atom stereocenters. The summed E-state index contributed by atoms with van der Waals surface area (Å²) in [5.41, 5.74) is 8.76. The van der Waals surface area contributed by atoms with Gasteiger partial charge < -0.3 is 16.4 Å². The molecule has 0 bridgehead atoms. The van der Waals surface area contributed by atoms with Gasteiger partial charge in [-0.25, -0.2) is 4.99 Å². The zero-order chi connectivity index (χ0) is 15.3. The molecule has 6 heteroatoms. The molecule has 1 aromatic carbocycles. The van der Waals surface area contributed by atoms with Crippen LogP contribution in [0.3, 0.4) is 0 Å². The lowest BCUT2D eigenvalue weighted by Crippen LogP contribution is -2.42. The Labute approximate surface area is 143 Å². The number of aryl methyl sites for hydroxylation is 2. The van der Waals surface area contributed by atoms with Crippen LogP contribution in [0.15, 0.2) is 23.2 Å². The van der Waals surface area contributed by atoms with Gasteiger partial charge in [0.05, 0.1) is 0 Å². The number of carbonyl (C=O) groups excluding carboxylic acids is 1. The van der Waals surface area contributed by atoms with Gasteiger partial charge in [-0.3, -0.25) is 4.79 Å². The van der Waals surface area contributed by atoms with Crippen LogP contribution in [0.4, 0.5) is 5.69 Å². The number of nitrogens with one attached hydrogen (secondary N) is 2. The lowest BCUT2D eigenvalue weighted by atomic mass is 10.1. The van der Waals surface area contributed by atoms with Crippen molar-refractivity contribution in [2.45, 2.75) is 40.2 Å². The quantitative estimate of drug-likeness (QED) is 0.412. The van der Waals surface area contributed by atoms with Crippen molar-refractivity contribution < 1.29 is 4.79 Å². The maximum atomic E-state index is 11.6. The number of halogens is 1. The number of nitrogens with zero attached hydrogens (tertiary/aromatic N) is 1. The normalized spacial score (nSPS) is 11.6. The summed E-state index contributed by atoms with van der Waals surface area (Å²) in [6.45, 7) is 9.86. The molecule has 0 saturated carbocycles. The molecule has 4 N–H and O–H groups in total. The molecule has 0 radical (unpaired) electrons. The second-order valence-electron chi connectivity index (χ2n) is 5.92. The fourth-order valence-corrected chi connectivity index (χ4v) is 1.62. The van der Waals surface area contributed by atoms with Crippen molar-refractivity contribution in [3.63, 3.8) is 0 Å². The van der Waals surface area contributed by atoms with E-state index in [2.05, 4.69) is 15.6 Å². The summed E-state index contributed by atoms with van der Waals surface area (Å²) in [5, 5.41) is 5.80. The average molecular weight is 404 g/mol. The Bertz CT molecular complexity index is 521. The van der Waals surface area contributed by atoms with Gasteiger partial charge in [0.2, 0.25) is 5.91 Å². The van der Waals surface area contributed by atoms with Gasteiger partial charge in [0.15, 0.2) is 5.96 Å². The van der Waals surface area contributed by atoms with Gasteiger partial charge >= 0.3 is 0 Å². The highest BCUT2D eigenvalue weighted by Gasteiger charge is 2.12. The molecule has 118 valence electrons. The molecule has 0 aliphatic rings. The van der Waals surface area contributed by atoms with E-state index in [1.807, 2.05) is 52.8 Å². The van der Waals surface area contributed by atoms with Gasteiger partial charge in [-0.15, -0.1) is 24.0 Å². The first-order chi connectivity index (χ1) is 9.17. The van der Waals surface area contributed by atoms with E-state index < -0.39 is 0 Å². The maximum absolute atomic E-state index is 11.6. The Morgan fingerprint density at radius 1 is 1.24 bits per heavy atom. The predicted octanol–water partition coefficient (Wildman–Crippen LogP) is 2.56. The van der Waals surface area contributed by atoms with Gasteiger partial charge in [0.1, 0.15) is 6.54 Å². The summed E-state index contributed by atoms with van der Waals surface area (Å²) in [6.07, 6.45) is 0. The van der Waals surface area contributed by atoms with Crippen LogP contribution in [0.25, 0.3) is 0 Å². The van der Waals surface area contributed by atoms with Crippen LogP contribution in [0.5, 0.6) is 0 Å². The second-order valence-corrected chi connectivity index (χ2v) is 5.92. The zero-order valence-electron chi connectivity index (χ0n) is 13.3. The van der Waals surface area contributed by atoms with Crippen molar-refractivity contribution >= 4 is 41.5 Å². The van der Waals surface area contributed by atoms with Crippen LogP contribution in [-0.4, -0.2) is 24.0 Å². The minimum absolute atomic E-state index is 0. The average Bonchev–Trinajstić information content (AvgIpc) is 2.29. The Balaban J connectivity index is 0.00000400. The third-order valence-corrected chi connectivity index (χ3v) is 2.69. The molecule has 0 aromatic heterocycles. The topological polar surface area (TPSA) is 79.5 Å². The van der Waals surface area contributed by atoms with Crippen molar-refractivity contribution in [2.75, 3.05) is 11.9 Å². The van der Waals surface area contributed by atoms with E-state index in [1.54, 1.807) is 0 Å². The highest BCUT2D eigenvalue weighted by molar-refractivity contribution is 14.0. The number of nitrogens with two attached hydrogens (primary N) is 1. The van der Waals surface area contributed by atoms with Crippen LogP contribution < -0.4 is 16.4 Å². The van der Waals surface area contributed by atoms with Crippen LogP contribution in [-0.2, 0) is 4.79 Å². The smallest absolute Gasteiger partial charge is 0.242 e. The van der Waals surface area contributed by atoms with E-state index in [4.69, 9.17) is 5.73 Å². The molecule has 5 nitrogen and oxygen atoms in total. The monoisotopic (exact) mass is 404 g/mol. The molecule has 1 rings (SSSR count). The first kappa shape index (κ1) is 19.7. The first-order valence-electron chi connectivity index (χ1n) is 6.62. The molecule has 0 aliphatic carbocycles. The number of carbonyl (C=O) groups is 1. The molecule has 21 heavy (non-hydrogen) atoms. The molecule has 0 heterocycles. The van der Waals surface area contributed by atoms with Crippen molar-refractivity contribution in [3.05, 3.63) is 29.3 Å². The molecule has 0 spiro atoms. The number of anilines is 1. The number of amides is 1. The molecular weight excluding hydrogens is 379 g/mol. The lowest BCUT2D eigenvalue weighted by molar-refractivity contribution is -0.121. The number of hydrogen-bond donors (Lipinski definition) is 3. The number of aliphatic imine (C=N–C) groups is 1. The van der Waals surface area contributed by atoms with Crippen LogP contribution >= 0.6 is 24.0 Å². The Hall–Kier alpha value is -1.31. The molecule has 0 atom stereocenters. The summed E-state index contributed by atoms with van der Waals surface area (Å²) < 4.78 is 0. The molecule has 1 aromatic rings. The Kier molecular flexibility index (Phi) is 7.70. The summed E-state index contributed by atoms with van der Waals surface area (Å²) in [4.78, 5) is 15.6. The molecule has 0 fully saturated rings. The van der Waals surface area contributed by atoms with Gasteiger partial charge in [-0.2, -0.15) is 0 Å². The van der Waals surface area contributed by atoms with Crippen LogP contribution in [0, 0.1) is 13.8 Å². The van der Waals surface area contributed by atoms with Crippen molar-refractivity contribution in [3.8, 4) is 0 Å². The standard InChI is InChI=1S/C15H24N4O.HI/c1-10-6-7-12(8-11(10)2)18-14(16)17-9-13(20)19-15(3,4)5;/h6-8H,9H2,1-5H3,(H,19,20)(H3,16,17,18);1H. The van der Waals surface area contributed by atoms with E-state index in [0.717, 1.165) is 5.69 Å². The van der Waals surface area contributed by atoms with Crippen molar-refractivity contribution in [1.82, 2.24) is 5.32 Å². The van der Waals surface area contributed by atoms with E-state index in [9.17, 15) is 4.79 Å². The number of guanidine groups is 1. The summed E-state index contributed by atoms with van der Waals surface area (Å²) in [7, 11) is 0. The third-order valence-electron chi connectivity index (χ3n) is 2.69. The minimum Gasteiger partial charge on any atom is -0.370 e.